The number of amides is 2. The summed E-state index contributed by atoms with van der Waals surface area (Å²) in [4.78, 5) is 35.7. The third kappa shape index (κ3) is 6.06. The molecule has 34 heavy (non-hydrogen) atoms. The van der Waals surface area contributed by atoms with E-state index < -0.39 is 16.9 Å². The lowest BCUT2D eigenvalue weighted by molar-refractivity contribution is -0.128. The maximum Gasteiger partial charge on any atom is 0.242 e. The van der Waals surface area contributed by atoms with Gasteiger partial charge >= 0.3 is 0 Å². The molecule has 4 rings (SSSR count). The quantitative estimate of drug-likeness (QED) is 0.436. The number of thioether (sulfide) groups is 1. The molecule has 1 aromatic heterocycles. The molecule has 0 unspecified atom stereocenters. The minimum absolute atomic E-state index is 0.0788. The molecule has 10 heteroatoms. The summed E-state index contributed by atoms with van der Waals surface area (Å²) in [5.41, 5.74) is 1.31. The molecule has 1 aliphatic rings. The summed E-state index contributed by atoms with van der Waals surface area (Å²) in [7, 11) is 0. The van der Waals surface area contributed by atoms with Gasteiger partial charge < -0.3 is 5.32 Å². The van der Waals surface area contributed by atoms with Gasteiger partial charge in [0.1, 0.15) is 16.8 Å². The van der Waals surface area contributed by atoms with Crippen molar-refractivity contribution >= 4 is 56.0 Å². The zero-order valence-corrected chi connectivity index (χ0v) is 20.2. The van der Waals surface area contributed by atoms with Crippen molar-refractivity contribution in [3.05, 3.63) is 88.7 Å². The van der Waals surface area contributed by atoms with E-state index in [1.165, 1.54) is 11.0 Å². The summed E-state index contributed by atoms with van der Waals surface area (Å²) < 4.78 is 28.4. The topological polar surface area (TPSA) is 74.7 Å². The number of carbonyl (C=O) groups excluding carboxylic acids is 2. The Bertz CT molecular complexity index is 1230. The van der Waals surface area contributed by atoms with Gasteiger partial charge in [0, 0.05) is 47.5 Å². The van der Waals surface area contributed by atoms with Crippen LogP contribution in [-0.2, 0) is 16.0 Å². The largest absolute Gasteiger partial charge is 0.326 e. The van der Waals surface area contributed by atoms with Gasteiger partial charge in [0.25, 0.3) is 0 Å². The molecule has 1 fully saturated rings. The number of halogens is 3. The second kappa shape index (κ2) is 10.9. The maximum absolute atomic E-state index is 14.2. The molecule has 174 valence electrons. The first-order valence-electron chi connectivity index (χ1n) is 10.4. The lowest BCUT2D eigenvalue weighted by Gasteiger charge is -2.16. The summed E-state index contributed by atoms with van der Waals surface area (Å²) in [5.74, 6) is -2.17. The summed E-state index contributed by atoms with van der Waals surface area (Å²) in [6.07, 6.45) is 2.04. The van der Waals surface area contributed by atoms with Crippen molar-refractivity contribution in [1.82, 2.24) is 9.88 Å². The molecule has 6 nitrogen and oxygen atoms in total. The number of anilines is 1. The number of amidine groups is 1. The minimum atomic E-state index is -0.832. The highest BCUT2D eigenvalue weighted by Crippen LogP contribution is 2.33. The van der Waals surface area contributed by atoms with Crippen molar-refractivity contribution < 1.29 is 18.4 Å². The summed E-state index contributed by atoms with van der Waals surface area (Å²) in [5, 5.41) is 2.31. The van der Waals surface area contributed by atoms with Gasteiger partial charge in [-0.3, -0.25) is 19.5 Å². The molecule has 1 atom stereocenters. The third-order valence-corrected chi connectivity index (χ3v) is 6.67. The standard InChI is InChI=1S/C24H19BrF2N4O2S/c25-15-4-7-18(8-5-15)29-22(32)14-21-23(33)31(12-10-17-3-1-2-11-28-17)24(34-21)30-20-9-6-16(26)13-19(20)27/h1-9,11,13,21H,10,12,14H2,(H,29,32)/t21-/m0/s1. The van der Waals surface area contributed by atoms with Gasteiger partial charge in [0.2, 0.25) is 11.8 Å². The Morgan fingerprint density at radius 3 is 2.65 bits per heavy atom. The Hall–Kier alpha value is -3.11. The number of nitrogens with zero attached hydrogens (tertiary/aromatic N) is 3. The van der Waals surface area contributed by atoms with E-state index in [4.69, 9.17) is 0 Å². The molecule has 1 saturated heterocycles. The molecule has 0 spiro atoms. The normalized spacial score (nSPS) is 16.8. The molecule has 1 N–H and O–H groups in total. The van der Waals surface area contributed by atoms with Crippen LogP contribution in [0.2, 0.25) is 0 Å². The summed E-state index contributed by atoms with van der Waals surface area (Å²) in [6.45, 7) is 0.259. The number of aromatic nitrogens is 1. The highest BCUT2D eigenvalue weighted by Gasteiger charge is 2.39. The van der Waals surface area contributed by atoms with E-state index in [-0.39, 0.29) is 35.6 Å². The van der Waals surface area contributed by atoms with Crippen LogP contribution in [0.4, 0.5) is 20.2 Å². The first-order chi connectivity index (χ1) is 16.4. The Morgan fingerprint density at radius 2 is 1.94 bits per heavy atom. The molecule has 0 radical (unpaired) electrons. The highest BCUT2D eigenvalue weighted by atomic mass is 79.9. The molecule has 2 heterocycles. The lowest BCUT2D eigenvalue weighted by atomic mass is 10.2. The van der Waals surface area contributed by atoms with E-state index in [1.807, 2.05) is 12.1 Å². The van der Waals surface area contributed by atoms with Gasteiger partial charge in [-0.2, -0.15) is 0 Å². The average molecular weight is 545 g/mol. The van der Waals surface area contributed by atoms with Crippen LogP contribution in [-0.4, -0.2) is 38.7 Å². The second-order valence-electron chi connectivity index (χ2n) is 7.42. The van der Waals surface area contributed by atoms with Gasteiger partial charge in [0.05, 0.1) is 0 Å². The average Bonchev–Trinajstić information content (AvgIpc) is 3.10. The number of rotatable bonds is 7. The number of nitrogens with one attached hydrogen (secondary N) is 1. The van der Waals surface area contributed by atoms with Crippen molar-refractivity contribution in [2.75, 3.05) is 11.9 Å². The van der Waals surface area contributed by atoms with Gasteiger partial charge in [-0.15, -0.1) is 0 Å². The van der Waals surface area contributed by atoms with Gasteiger partial charge in [-0.05, 0) is 48.5 Å². The maximum atomic E-state index is 14.2. The predicted molar refractivity (Wildman–Crippen MR) is 132 cm³/mol. The number of carbonyl (C=O) groups is 2. The fourth-order valence-electron chi connectivity index (χ4n) is 3.29. The smallest absolute Gasteiger partial charge is 0.242 e. The molecule has 1 aliphatic heterocycles. The van der Waals surface area contributed by atoms with Crippen LogP contribution in [0.5, 0.6) is 0 Å². The first-order valence-corrected chi connectivity index (χ1v) is 12.0. The number of hydrogen-bond donors (Lipinski definition) is 1. The molecule has 2 amide bonds. The van der Waals surface area contributed by atoms with Gasteiger partial charge in [-0.1, -0.05) is 33.8 Å². The molecule has 0 aliphatic carbocycles. The molecular formula is C24H19BrF2N4O2S. The first kappa shape index (κ1) is 24.0. The molecule has 3 aromatic rings. The highest BCUT2D eigenvalue weighted by molar-refractivity contribution is 9.10. The summed E-state index contributed by atoms with van der Waals surface area (Å²) >= 11 is 4.43. The van der Waals surface area contributed by atoms with Crippen molar-refractivity contribution in [2.24, 2.45) is 4.99 Å². The number of hydrogen-bond acceptors (Lipinski definition) is 5. The molecule has 2 aromatic carbocycles. The van der Waals surface area contributed by atoms with E-state index in [0.29, 0.717) is 12.1 Å². The Kier molecular flexibility index (Phi) is 7.69. The zero-order chi connectivity index (χ0) is 24.1. The van der Waals surface area contributed by atoms with E-state index in [0.717, 1.165) is 34.1 Å². The fraction of sp³-hybridized carbons (Fsp3) is 0.167. The van der Waals surface area contributed by atoms with Gasteiger partial charge in [-0.25, -0.2) is 13.8 Å². The molecule has 0 bridgehead atoms. The van der Waals surface area contributed by atoms with Crippen molar-refractivity contribution in [2.45, 2.75) is 18.1 Å². The third-order valence-electron chi connectivity index (χ3n) is 4.96. The van der Waals surface area contributed by atoms with E-state index >= 15 is 0 Å². The monoisotopic (exact) mass is 544 g/mol. The second-order valence-corrected chi connectivity index (χ2v) is 9.50. The predicted octanol–water partition coefficient (Wildman–Crippen LogP) is 5.33. The van der Waals surface area contributed by atoms with Crippen LogP contribution >= 0.6 is 27.7 Å². The summed E-state index contributed by atoms with van der Waals surface area (Å²) in [6, 6.07) is 15.6. The number of pyridine rings is 1. The van der Waals surface area contributed by atoms with Crippen molar-refractivity contribution in [3.8, 4) is 0 Å². The number of benzene rings is 2. The van der Waals surface area contributed by atoms with Crippen LogP contribution in [0.3, 0.4) is 0 Å². The minimum Gasteiger partial charge on any atom is -0.326 e. The molecule has 0 saturated carbocycles. The van der Waals surface area contributed by atoms with Crippen LogP contribution in [0.15, 0.2) is 76.3 Å². The van der Waals surface area contributed by atoms with Crippen LogP contribution < -0.4 is 5.32 Å². The molecular weight excluding hydrogens is 526 g/mol. The Balaban J connectivity index is 1.52. The van der Waals surface area contributed by atoms with E-state index in [9.17, 15) is 18.4 Å². The Morgan fingerprint density at radius 1 is 1.15 bits per heavy atom. The lowest BCUT2D eigenvalue weighted by Crippen LogP contribution is -2.35. The van der Waals surface area contributed by atoms with Crippen molar-refractivity contribution in [1.29, 1.82) is 0 Å². The Labute approximate surface area is 207 Å². The van der Waals surface area contributed by atoms with Crippen LogP contribution in [0.1, 0.15) is 12.1 Å². The SMILES string of the molecule is O=C(C[C@@H]1SC(=Nc2ccc(F)cc2F)N(CCc2ccccn2)C1=O)Nc1ccc(Br)cc1. The number of aliphatic imine (C=N–C) groups is 1. The van der Waals surface area contributed by atoms with Crippen LogP contribution in [0.25, 0.3) is 0 Å². The van der Waals surface area contributed by atoms with Gasteiger partial charge in [0.15, 0.2) is 11.0 Å². The van der Waals surface area contributed by atoms with Crippen molar-refractivity contribution in [3.63, 3.8) is 0 Å². The fourth-order valence-corrected chi connectivity index (χ4v) is 4.73. The van der Waals surface area contributed by atoms with Crippen LogP contribution in [0, 0.1) is 11.6 Å². The zero-order valence-electron chi connectivity index (χ0n) is 17.7. The van der Waals surface area contributed by atoms with E-state index in [2.05, 4.69) is 31.2 Å². The van der Waals surface area contributed by atoms with E-state index in [1.54, 1.807) is 36.5 Å².